The number of aryl methyl sites for hydroxylation is 2. The number of hydrogen-bond acceptors (Lipinski definition) is 4. The van der Waals surface area contributed by atoms with Gasteiger partial charge in [-0.15, -0.1) is 11.3 Å². The van der Waals surface area contributed by atoms with E-state index in [-0.39, 0.29) is 11.8 Å². The number of aromatic amines is 1. The van der Waals surface area contributed by atoms with Gasteiger partial charge in [0.05, 0.1) is 11.1 Å². The number of nitrogens with one attached hydrogen (secondary N) is 2. The van der Waals surface area contributed by atoms with Crippen molar-refractivity contribution in [1.29, 1.82) is 0 Å². The maximum atomic E-state index is 10.9. The van der Waals surface area contributed by atoms with Crippen LogP contribution in [0.15, 0.2) is 60.2 Å². The first-order chi connectivity index (χ1) is 12.6. The van der Waals surface area contributed by atoms with Crippen molar-refractivity contribution in [2.75, 3.05) is 5.32 Å². The lowest BCUT2D eigenvalue weighted by Gasteiger charge is -2.17. The summed E-state index contributed by atoms with van der Waals surface area (Å²) in [4.78, 5) is 8.78. The largest absolute Gasteiger partial charge is 0.505 e. The molecule has 0 radical (unpaired) electrons. The molecule has 0 fully saturated rings. The van der Waals surface area contributed by atoms with E-state index in [4.69, 9.17) is 0 Å². The number of fused-ring (bicyclic) bond motifs is 1. The summed E-state index contributed by atoms with van der Waals surface area (Å²) in [6, 6.07) is 13.8. The van der Waals surface area contributed by atoms with Crippen molar-refractivity contribution in [3.8, 4) is 5.75 Å². The Morgan fingerprint density at radius 1 is 1.15 bits per heavy atom. The molecule has 5 heteroatoms. The van der Waals surface area contributed by atoms with E-state index >= 15 is 0 Å². The van der Waals surface area contributed by atoms with Gasteiger partial charge < -0.3 is 5.11 Å². The number of aromatic nitrogens is 2. The number of phenols is 1. The molecular weight excluding hydrogens is 342 g/mol. The molecule has 3 N–H and O–H groups in total. The van der Waals surface area contributed by atoms with Crippen LogP contribution in [0.25, 0.3) is 10.9 Å². The van der Waals surface area contributed by atoms with Gasteiger partial charge in [-0.05, 0) is 54.6 Å². The van der Waals surface area contributed by atoms with Crippen molar-refractivity contribution in [2.45, 2.75) is 19.9 Å². The Balaban J connectivity index is 1.86. The van der Waals surface area contributed by atoms with Gasteiger partial charge in [0.1, 0.15) is 11.3 Å². The summed E-state index contributed by atoms with van der Waals surface area (Å²) in [5, 5.41) is 17.5. The molecule has 26 heavy (non-hydrogen) atoms. The monoisotopic (exact) mass is 362 g/mol. The zero-order chi connectivity index (χ0) is 18.1. The molecule has 4 aromatic rings. The summed E-state index contributed by atoms with van der Waals surface area (Å²) < 4.78 is 0. The summed E-state index contributed by atoms with van der Waals surface area (Å²) in [7, 11) is 0. The number of aromatic hydroxyl groups is 1. The Morgan fingerprint density at radius 2 is 2.04 bits per heavy atom. The van der Waals surface area contributed by atoms with Gasteiger partial charge in [-0.3, -0.25) is 10.3 Å². The highest BCUT2D eigenvalue weighted by Gasteiger charge is 2.26. The number of H-pyrrole nitrogens is 1. The highest BCUT2D eigenvalue weighted by molar-refractivity contribution is 7.10. The molecule has 0 amide bonds. The molecule has 0 bridgehead atoms. The molecule has 0 aliphatic heterocycles. The number of thiophene rings is 1. The number of benzene rings is 1. The SMILES string of the molecule is Cc1cc[nH+]c(N[C@@H](c2ccc3cccnc3c2O)c2sccc2C)c1. The van der Waals surface area contributed by atoms with Gasteiger partial charge in [-0.1, -0.05) is 12.1 Å². The second kappa shape index (κ2) is 6.77. The summed E-state index contributed by atoms with van der Waals surface area (Å²) >= 11 is 1.68. The van der Waals surface area contributed by atoms with E-state index in [9.17, 15) is 5.11 Å². The summed E-state index contributed by atoms with van der Waals surface area (Å²) in [5.74, 6) is 1.13. The lowest BCUT2D eigenvalue weighted by molar-refractivity contribution is -0.361. The summed E-state index contributed by atoms with van der Waals surface area (Å²) in [5.41, 5.74) is 3.80. The molecule has 0 saturated heterocycles. The molecule has 1 atom stereocenters. The maximum absolute atomic E-state index is 10.9. The zero-order valence-electron chi connectivity index (χ0n) is 14.7. The van der Waals surface area contributed by atoms with E-state index in [1.165, 1.54) is 10.4 Å². The third-order valence-electron chi connectivity index (χ3n) is 4.51. The molecule has 1 aromatic carbocycles. The molecular formula is C21H20N3OS+. The smallest absolute Gasteiger partial charge is 0.273 e. The van der Waals surface area contributed by atoms with Crippen molar-refractivity contribution in [2.24, 2.45) is 0 Å². The van der Waals surface area contributed by atoms with Crippen molar-refractivity contribution < 1.29 is 10.1 Å². The van der Waals surface area contributed by atoms with Crippen LogP contribution >= 0.6 is 11.3 Å². The fourth-order valence-electron chi connectivity index (χ4n) is 3.16. The molecule has 0 aliphatic rings. The van der Waals surface area contributed by atoms with Crippen LogP contribution in [0.4, 0.5) is 5.82 Å². The van der Waals surface area contributed by atoms with Gasteiger partial charge in [0.15, 0.2) is 6.04 Å². The molecule has 4 rings (SSSR count). The Bertz CT molecular complexity index is 1070. The van der Waals surface area contributed by atoms with Crippen molar-refractivity contribution >= 4 is 28.1 Å². The Labute approximate surface area is 156 Å². The van der Waals surface area contributed by atoms with Gasteiger partial charge in [0, 0.05) is 23.2 Å². The van der Waals surface area contributed by atoms with Crippen molar-refractivity contribution in [3.63, 3.8) is 0 Å². The molecule has 4 nitrogen and oxygen atoms in total. The van der Waals surface area contributed by atoms with Crippen LogP contribution in [0.3, 0.4) is 0 Å². The van der Waals surface area contributed by atoms with Gasteiger partial charge in [-0.25, -0.2) is 4.98 Å². The number of hydrogen-bond donors (Lipinski definition) is 2. The Kier molecular flexibility index (Phi) is 4.31. The van der Waals surface area contributed by atoms with E-state index in [2.05, 4.69) is 46.6 Å². The van der Waals surface area contributed by atoms with Crippen LogP contribution in [-0.4, -0.2) is 10.1 Å². The first-order valence-electron chi connectivity index (χ1n) is 8.49. The minimum absolute atomic E-state index is 0.167. The van der Waals surface area contributed by atoms with Crippen molar-refractivity contribution in [3.05, 3.63) is 81.8 Å². The number of rotatable bonds is 4. The maximum Gasteiger partial charge on any atom is 0.273 e. The zero-order valence-corrected chi connectivity index (χ0v) is 15.5. The fraction of sp³-hybridized carbons (Fsp3) is 0.143. The lowest BCUT2D eigenvalue weighted by atomic mass is 9.99. The molecule has 0 saturated carbocycles. The van der Waals surface area contributed by atoms with Crippen LogP contribution in [0.2, 0.25) is 0 Å². The van der Waals surface area contributed by atoms with Crippen LogP contribution in [-0.2, 0) is 0 Å². The molecule has 3 heterocycles. The first kappa shape index (κ1) is 16.5. The van der Waals surface area contributed by atoms with Crippen LogP contribution in [0, 0.1) is 13.8 Å². The minimum atomic E-state index is -0.167. The van der Waals surface area contributed by atoms with Crippen molar-refractivity contribution in [1.82, 2.24) is 4.98 Å². The fourth-order valence-corrected chi connectivity index (χ4v) is 4.16. The first-order valence-corrected chi connectivity index (χ1v) is 9.37. The highest BCUT2D eigenvalue weighted by atomic mass is 32.1. The van der Waals surface area contributed by atoms with E-state index in [1.807, 2.05) is 36.5 Å². The second-order valence-electron chi connectivity index (χ2n) is 6.40. The minimum Gasteiger partial charge on any atom is -0.505 e. The van der Waals surface area contributed by atoms with Gasteiger partial charge in [0.2, 0.25) is 0 Å². The standard InChI is InChI=1S/C21H19N3OS/c1-13-7-10-22-17(12-13)24-19(21-14(2)8-11-26-21)16-6-5-15-4-3-9-23-18(15)20(16)25/h3-12,19,25H,1-2H3,(H,22,24)/p+1/t19-/m0/s1. The molecule has 0 unspecified atom stereocenters. The second-order valence-corrected chi connectivity index (χ2v) is 7.35. The van der Waals surface area contributed by atoms with Gasteiger partial charge in [-0.2, -0.15) is 0 Å². The average Bonchev–Trinajstić information content (AvgIpc) is 3.07. The summed E-state index contributed by atoms with van der Waals surface area (Å²) in [6.45, 7) is 4.15. The van der Waals surface area contributed by atoms with Gasteiger partial charge >= 0.3 is 0 Å². The van der Waals surface area contributed by atoms with E-state index in [1.54, 1.807) is 17.5 Å². The molecule has 3 aromatic heterocycles. The lowest BCUT2D eigenvalue weighted by Crippen LogP contribution is -2.19. The number of nitrogens with zero attached hydrogens (tertiary/aromatic N) is 1. The Hall–Kier alpha value is -2.92. The average molecular weight is 362 g/mol. The van der Waals surface area contributed by atoms with Crippen LogP contribution < -0.4 is 10.3 Å². The predicted octanol–water partition coefficient (Wildman–Crippen LogP) is 4.63. The number of phenolic OH excluding ortho intramolecular Hbond substituents is 1. The number of anilines is 1. The predicted molar refractivity (Wildman–Crippen MR) is 106 cm³/mol. The van der Waals surface area contributed by atoms with E-state index in [0.717, 1.165) is 22.3 Å². The van der Waals surface area contributed by atoms with E-state index < -0.39 is 0 Å². The van der Waals surface area contributed by atoms with E-state index in [0.29, 0.717) is 5.52 Å². The van der Waals surface area contributed by atoms with Crippen LogP contribution in [0.1, 0.15) is 27.6 Å². The molecule has 0 aliphatic carbocycles. The summed E-state index contributed by atoms with van der Waals surface area (Å²) in [6.07, 6.45) is 3.62. The number of pyridine rings is 2. The van der Waals surface area contributed by atoms with Gasteiger partial charge in [0.25, 0.3) is 5.82 Å². The third-order valence-corrected chi connectivity index (χ3v) is 5.59. The highest BCUT2D eigenvalue weighted by Crippen LogP contribution is 2.38. The van der Waals surface area contributed by atoms with Crippen LogP contribution in [0.5, 0.6) is 5.75 Å². The third kappa shape index (κ3) is 3.02. The molecule has 130 valence electrons. The quantitative estimate of drug-likeness (QED) is 0.556. The topological polar surface area (TPSA) is 59.3 Å². The normalized spacial score (nSPS) is 12.2. The molecule has 0 spiro atoms. The Morgan fingerprint density at radius 3 is 2.81 bits per heavy atom.